The van der Waals surface area contributed by atoms with Gasteiger partial charge < -0.3 is 4.74 Å². The summed E-state index contributed by atoms with van der Waals surface area (Å²) in [5.41, 5.74) is 0.847. The van der Waals surface area contributed by atoms with Crippen molar-refractivity contribution in [2.45, 2.75) is 11.5 Å². The first kappa shape index (κ1) is 19.5. The summed E-state index contributed by atoms with van der Waals surface area (Å²) in [7, 11) is -2.44. The Morgan fingerprint density at radius 1 is 1.03 bits per heavy atom. The summed E-state index contributed by atoms with van der Waals surface area (Å²) < 4.78 is 32.9. The Morgan fingerprint density at radius 3 is 2.55 bits per heavy atom. The number of nitrogens with zero attached hydrogens (tertiary/aromatic N) is 2. The van der Waals surface area contributed by atoms with Crippen LogP contribution < -0.4 is 0 Å². The molecule has 29 heavy (non-hydrogen) atoms. The number of rotatable bonds is 6. The Morgan fingerprint density at radius 2 is 1.76 bits per heavy atom. The SMILES string of the molecule is CN(CC(=O)OCc1nc2ccccc2s1)S(=O)(=O)c1ccc2ccccc2c1. The normalized spacial score (nSPS) is 11.9. The lowest BCUT2D eigenvalue weighted by Gasteiger charge is -2.16. The fourth-order valence-corrected chi connectivity index (χ4v) is 4.98. The van der Waals surface area contributed by atoms with E-state index in [9.17, 15) is 13.2 Å². The molecule has 3 aromatic carbocycles. The number of hydrogen-bond acceptors (Lipinski definition) is 6. The van der Waals surface area contributed by atoms with Crippen molar-refractivity contribution in [3.8, 4) is 0 Å². The average Bonchev–Trinajstić information content (AvgIpc) is 3.15. The van der Waals surface area contributed by atoms with Crippen molar-refractivity contribution >= 4 is 48.3 Å². The van der Waals surface area contributed by atoms with Gasteiger partial charge in [0.15, 0.2) is 0 Å². The third-order valence-electron chi connectivity index (χ3n) is 4.48. The number of esters is 1. The van der Waals surface area contributed by atoms with E-state index in [0.29, 0.717) is 5.01 Å². The van der Waals surface area contributed by atoms with Crippen molar-refractivity contribution < 1.29 is 17.9 Å². The molecule has 0 saturated heterocycles. The molecule has 0 fully saturated rings. The van der Waals surface area contributed by atoms with E-state index in [0.717, 1.165) is 25.3 Å². The molecule has 0 bridgehead atoms. The first-order chi connectivity index (χ1) is 13.9. The molecule has 4 aromatic rings. The second-order valence-electron chi connectivity index (χ2n) is 6.51. The largest absolute Gasteiger partial charge is 0.457 e. The van der Waals surface area contributed by atoms with Crippen LogP contribution in [0, 0.1) is 0 Å². The van der Waals surface area contributed by atoms with Crippen molar-refractivity contribution in [3.05, 3.63) is 71.7 Å². The molecule has 1 aromatic heterocycles. The zero-order valence-electron chi connectivity index (χ0n) is 15.6. The Bertz CT molecular complexity index is 1270. The van der Waals surface area contributed by atoms with E-state index in [4.69, 9.17) is 4.74 Å². The van der Waals surface area contributed by atoms with E-state index in [1.165, 1.54) is 18.4 Å². The zero-order chi connectivity index (χ0) is 20.4. The maximum absolute atomic E-state index is 12.8. The predicted molar refractivity (Wildman–Crippen MR) is 113 cm³/mol. The maximum Gasteiger partial charge on any atom is 0.321 e. The van der Waals surface area contributed by atoms with Gasteiger partial charge in [-0.15, -0.1) is 11.3 Å². The van der Waals surface area contributed by atoms with Gasteiger partial charge in [0.05, 0.1) is 15.1 Å². The fraction of sp³-hybridized carbons (Fsp3) is 0.143. The molecule has 4 rings (SSSR count). The molecule has 1 heterocycles. The number of para-hydroxylation sites is 1. The van der Waals surface area contributed by atoms with Gasteiger partial charge in [-0.3, -0.25) is 4.79 Å². The van der Waals surface area contributed by atoms with E-state index < -0.39 is 16.0 Å². The van der Waals surface area contributed by atoms with Gasteiger partial charge in [0.2, 0.25) is 10.0 Å². The van der Waals surface area contributed by atoms with E-state index in [1.807, 2.05) is 48.5 Å². The molecule has 0 spiro atoms. The summed E-state index contributed by atoms with van der Waals surface area (Å²) >= 11 is 1.44. The summed E-state index contributed by atoms with van der Waals surface area (Å²) in [5.74, 6) is -0.629. The molecular weight excluding hydrogens is 408 g/mol. The third-order valence-corrected chi connectivity index (χ3v) is 7.28. The lowest BCUT2D eigenvalue weighted by atomic mass is 10.1. The number of aromatic nitrogens is 1. The van der Waals surface area contributed by atoms with Gasteiger partial charge >= 0.3 is 5.97 Å². The standard InChI is InChI=1S/C21H18N2O4S2/c1-23(29(25,26)17-11-10-15-6-2-3-7-16(15)12-17)13-21(24)27-14-20-22-18-8-4-5-9-19(18)28-20/h2-12H,13-14H2,1H3. The highest BCUT2D eigenvalue weighted by atomic mass is 32.2. The van der Waals surface area contributed by atoms with Gasteiger partial charge in [-0.05, 0) is 35.0 Å². The van der Waals surface area contributed by atoms with E-state index >= 15 is 0 Å². The van der Waals surface area contributed by atoms with Crippen LogP contribution in [-0.4, -0.2) is 37.3 Å². The highest BCUT2D eigenvalue weighted by Gasteiger charge is 2.24. The van der Waals surface area contributed by atoms with E-state index in [-0.39, 0.29) is 18.0 Å². The zero-order valence-corrected chi connectivity index (χ0v) is 17.2. The minimum absolute atomic E-state index is 0.0159. The number of carbonyl (C=O) groups is 1. The number of sulfonamides is 1. The number of likely N-dealkylation sites (N-methyl/N-ethyl adjacent to an activating group) is 1. The Hall–Kier alpha value is -2.81. The van der Waals surface area contributed by atoms with Crippen molar-refractivity contribution in [1.29, 1.82) is 0 Å². The minimum Gasteiger partial charge on any atom is -0.457 e. The summed E-state index contributed by atoms with van der Waals surface area (Å²) in [6, 6.07) is 20.0. The molecule has 0 saturated carbocycles. The first-order valence-electron chi connectivity index (χ1n) is 8.89. The quantitative estimate of drug-likeness (QED) is 0.438. The van der Waals surface area contributed by atoms with Gasteiger partial charge in [-0.25, -0.2) is 13.4 Å². The van der Waals surface area contributed by atoms with Gasteiger partial charge in [-0.1, -0.05) is 42.5 Å². The predicted octanol–water partition coefficient (Wildman–Crippen LogP) is 3.81. The Kier molecular flexibility index (Phi) is 5.31. The summed E-state index contributed by atoms with van der Waals surface area (Å²) in [4.78, 5) is 16.7. The molecule has 0 radical (unpaired) electrons. The highest BCUT2D eigenvalue weighted by molar-refractivity contribution is 7.89. The monoisotopic (exact) mass is 426 g/mol. The molecule has 8 heteroatoms. The smallest absolute Gasteiger partial charge is 0.321 e. The lowest BCUT2D eigenvalue weighted by molar-refractivity contribution is -0.144. The number of thiazole rings is 1. The second kappa shape index (κ2) is 7.90. The van der Waals surface area contributed by atoms with Crippen molar-refractivity contribution in [1.82, 2.24) is 9.29 Å². The molecule has 0 amide bonds. The van der Waals surface area contributed by atoms with Gasteiger partial charge in [-0.2, -0.15) is 4.31 Å². The minimum atomic E-state index is -3.81. The molecular formula is C21H18N2O4S2. The summed E-state index contributed by atoms with van der Waals surface area (Å²) in [5, 5.41) is 2.43. The maximum atomic E-state index is 12.8. The van der Waals surface area contributed by atoms with Crippen LogP contribution in [0.4, 0.5) is 0 Å². The second-order valence-corrected chi connectivity index (χ2v) is 9.67. The number of carbonyl (C=O) groups excluding carboxylic acids is 1. The molecule has 0 aliphatic heterocycles. The third kappa shape index (κ3) is 4.14. The van der Waals surface area contributed by atoms with Crippen LogP contribution in [0.25, 0.3) is 21.0 Å². The average molecular weight is 427 g/mol. The lowest BCUT2D eigenvalue weighted by Crippen LogP contribution is -2.33. The van der Waals surface area contributed by atoms with Crippen LogP contribution >= 0.6 is 11.3 Å². The number of ether oxygens (including phenoxy) is 1. The van der Waals surface area contributed by atoms with Crippen LogP contribution in [-0.2, 0) is 26.2 Å². The number of hydrogen-bond donors (Lipinski definition) is 0. The fourth-order valence-electron chi connectivity index (χ4n) is 2.94. The van der Waals surface area contributed by atoms with Crippen molar-refractivity contribution in [2.75, 3.05) is 13.6 Å². The Balaban J connectivity index is 1.42. The molecule has 0 aliphatic carbocycles. The van der Waals surface area contributed by atoms with Gasteiger partial charge in [0.25, 0.3) is 0 Å². The van der Waals surface area contributed by atoms with E-state index in [2.05, 4.69) is 4.98 Å². The topological polar surface area (TPSA) is 76.6 Å². The van der Waals surface area contributed by atoms with Gasteiger partial charge in [0.1, 0.15) is 18.2 Å². The molecule has 0 N–H and O–H groups in total. The highest BCUT2D eigenvalue weighted by Crippen LogP contribution is 2.23. The van der Waals surface area contributed by atoms with Crippen molar-refractivity contribution in [3.63, 3.8) is 0 Å². The molecule has 0 aliphatic rings. The van der Waals surface area contributed by atoms with Crippen LogP contribution in [0.15, 0.2) is 71.6 Å². The van der Waals surface area contributed by atoms with Crippen LogP contribution in [0.1, 0.15) is 5.01 Å². The van der Waals surface area contributed by atoms with Crippen molar-refractivity contribution in [2.24, 2.45) is 0 Å². The van der Waals surface area contributed by atoms with Gasteiger partial charge in [0, 0.05) is 7.05 Å². The molecule has 0 unspecified atom stereocenters. The molecule has 148 valence electrons. The molecule has 6 nitrogen and oxygen atoms in total. The summed E-state index contributed by atoms with van der Waals surface area (Å²) in [6.45, 7) is -0.359. The van der Waals surface area contributed by atoms with E-state index in [1.54, 1.807) is 18.2 Å². The number of benzene rings is 3. The molecule has 0 atom stereocenters. The summed E-state index contributed by atoms with van der Waals surface area (Å²) in [6.07, 6.45) is 0. The van der Waals surface area contributed by atoms with Crippen LogP contribution in [0.3, 0.4) is 0 Å². The number of fused-ring (bicyclic) bond motifs is 2. The Labute approximate surface area is 172 Å². The van der Waals surface area contributed by atoms with Crippen LogP contribution in [0.2, 0.25) is 0 Å². The first-order valence-corrected chi connectivity index (χ1v) is 11.1. The van der Waals surface area contributed by atoms with Crippen LogP contribution in [0.5, 0.6) is 0 Å².